The Labute approximate surface area is 188 Å². The summed E-state index contributed by atoms with van der Waals surface area (Å²) in [6.07, 6.45) is 1.76. The van der Waals surface area contributed by atoms with E-state index in [9.17, 15) is 9.59 Å². The molecule has 4 aromatic rings. The summed E-state index contributed by atoms with van der Waals surface area (Å²) < 4.78 is 1.71. The fourth-order valence-corrected chi connectivity index (χ4v) is 3.83. The smallest absolute Gasteiger partial charge is 0.294 e. The van der Waals surface area contributed by atoms with Crippen LogP contribution in [0, 0.1) is 0 Å². The summed E-state index contributed by atoms with van der Waals surface area (Å²) >= 11 is 18.1. The maximum atomic E-state index is 13.1. The van der Waals surface area contributed by atoms with Crippen LogP contribution in [0.3, 0.4) is 0 Å². The van der Waals surface area contributed by atoms with E-state index < -0.39 is 11.7 Å². The summed E-state index contributed by atoms with van der Waals surface area (Å²) in [6, 6.07) is 19.5. The lowest BCUT2D eigenvalue weighted by Crippen LogP contribution is -2.31. The fraction of sp³-hybridized carbons (Fsp3) is 0.0435. The molecule has 0 spiro atoms. The predicted molar refractivity (Wildman–Crippen MR) is 120 cm³/mol. The summed E-state index contributed by atoms with van der Waals surface area (Å²) in [5, 5.41) is 4.16. The number of nitrogens with one attached hydrogen (secondary N) is 1. The first-order valence-electron chi connectivity index (χ1n) is 9.06. The molecule has 0 bridgehead atoms. The van der Waals surface area contributed by atoms with E-state index in [1.54, 1.807) is 47.0 Å². The average Bonchev–Trinajstić information content (AvgIpc) is 3.12. The van der Waals surface area contributed by atoms with Gasteiger partial charge in [-0.3, -0.25) is 9.59 Å². The highest BCUT2D eigenvalue weighted by Gasteiger charge is 2.24. The van der Waals surface area contributed by atoms with Gasteiger partial charge in [0, 0.05) is 38.9 Å². The number of Topliss-reactive ketones (excluding diaryl/α,β-unsaturated/α-hetero) is 1. The lowest BCUT2D eigenvalue weighted by molar-refractivity contribution is -0.117. The van der Waals surface area contributed by atoms with Gasteiger partial charge in [-0.15, -0.1) is 0 Å². The second-order valence-electron chi connectivity index (χ2n) is 6.66. The van der Waals surface area contributed by atoms with Gasteiger partial charge in [0.05, 0.1) is 0 Å². The third-order valence-electron chi connectivity index (χ3n) is 4.71. The molecule has 0 saturated heterocycles. The second kappa shape index (κ2) is 8.52. The molecule has 2 aromatic carbocycles. The molecule has 0 aliphatic rings. The monoisotopic (exact) mass is 456 g/mol. The van der Waals surface area contributed by atoms with Crippen LogP contribution in [0.15, 0.2) is 72.9 Å². The topological polar surface area (TPSA) is 50.6 Å². The molecule has 0 fully saturated rings. The van der Waals surface area contributed by atoms with Gasteiger partial charge in [-0.25, -0.2) is 0 Å². The zero-order chi connectivity index (χ0) is 21.3. The highest BCUT2D eigenvalue weighted by atomic mass is 35.5. The minimum absolute atomic E-state index is 0.111. The number of ketones is 1. The van der Waals surface area contributed by atoms with Gasteiger partial charge in [-0.1, -0.05) is 59.1 Å². The van der Waals surface area contributed by atoms with Crippen LogP contribution in [0.25, 0.3) is 16.6 Å². The van der Waals surface area contributed by atoms with Crippen molar-refractivity contribution >= 4 is 52.0 Å². The first-order valence-corrected chi connectivity index (χ1v) is 10.2. The van der Waals surface area contributed by atoms with E-state index in [1.165, 1.54) is 0 Å². The Morgan fingerprint density at radius 2 is 1.60 bits per heavy atom. The predicted octanol–water partition coefficient (Wildman–Crippen LogP) is 6.07. The lowest BCUT2D eigenvalue weighted by Gasteiger charge is -2.09. The minimum Gasteiger partial charge on any atom is -0.345 e. The quantitative estimate of drug-likeness (QED) is 0.292. The number of hydrogen-bond acceptors (Lipinski definition) is 2. The normalized spacial score (nSPS) is 10.9. The molecule has 150 valence electrons. The summed E-state index contributed by atoms with van der Waals surface area (Å²) in [5.41, 5.74) is 3.20. The molecule has 4 rings (SSSR count). The van der Waals surface area contributed by atoms with Crippen LogP contribution >= 0.6 is 34.8 Å². The number of fused-ring (bicyclic) bond motifs is 1. The molecule has 0 unspecified atom stereocenters. The molecular weight excluding hydrogens is 443 g/mol. The number of aromatic nitrogens is 1. The Hall–Kier alpha value is -2.79. The molecule has 1 N–H and O–H groups in total. The Balaban J connectivity index is 1.67. The third kappa shape index (κ3) is 4.08. The van der Waals surface area contributed by atoms with E-state index in [0.29, 0.717) is 26.2 Å². The van der Waals surface area contributed by atoms with E-state index in [1.807, 2.05) is 30.3 Å². The molecule has 2 aromatic heterocycles. The summed E-state index contributed by atoms with van der Waals surface area (Å²) in [4.78, 5) is 25.8. The summed E-state index contributed by atoms with van der Waals surface area (Å²) in [7, 11) is 0. The Kier molecular flexibility index (Phi) is 5.82. The Morgan fingerprint density at radius 1 is 0.867 bits per heavy atom. The van der Waals surface area contributed by atoms with Crippen molar-refractivity contribution in [1.29, 1.82) is 0 Å². The minimum atomic E-state index is -0.722. The second-order valence-corrected chi connectivity index (χ2v) is 7.94. The van der Waals surface area contributed by atoms with Gasteiger partial charge in [0.15, 0.2) is 0 Å². The number of halogens is 3. The number of nitrogens with zero attached hydrogens (tertiary/aromatic N) is 1. The van der Waals surface area contributed by atoms with Crippen molar-refractivity contribution in [3.8, 4) is 11.1 Å². The molecule has 7 heteroatoms. The van der Waals surface area contributed by atoms with Crippen LogP contribution in [0.2, 0.25) is 15.1 Å². The van der Waals surface area contributed by atoms with Crippen molar-refractivity contribution in [2.45, 2.75) is 6.54 Å². The van der Waals surface area contributed by atoms with Crippen LogP contribution in [-0.4, -0.2) is 16.1 Å². The number of carbonyl (C=O) groups is 2. The molecule has 0 aliphatic heterocycles. The van der Waals surface area contributed by atoms with Crippen LogP contribution in [0.1, 0.15) is 16.1 Å². The molecule has 0 radical (unpaired) electrons. The van der Waals surface area contributed by atoms with Gasteiger partial charge in [0.25, 0.3) is 11.7 Å². The summed E-state index contributed by atoms with van der Waals surface area (Å²) in [6.45, 7) is 0.111. The number of amides is 1. The standard InChI is InChI=1S/C23H15Cl3N2O2/c24-16-7-4-14(5-8-16)19-12-18-3-1-2-10-28(18)21(19)22(29)23(30)27-13-15-6-9-17(25)11-20(15)26/h1-12H,13H2,(H,27,30). The van der Waals surface area contributed by atoms with Crippen LogP contribution in [-0.2, 0) is 11.3 Å². The number of pyridine rings is 1. The molecule has 4 nitrogen and oxygen atoms in total. The van der Waals surface area contributed by atoms with Crippen LogP contribution in [0.4, 0.5) is 0 Å². The van der Waals surface area contributed by atoms with Crippen molar-refractivity contribution in [3.05, 3.63) is 99.3 Å². The van der Waals surface area contributed by atoms with E-state index in [0.717, 1.165) is 11.1 Å². The van der Waals surface area contributed by atoms with Crippen LogP contribution < -0.4 is 5.32 Å². The Bertz CT molecular complexity index is 1260. The summed E-state index contributed by atoms with van der Waals surface area (Å²) in [5.74, 6) is -1.36. The van der Waals surface area contributed by atoms with E-state index in [4.69, 9.17) is 34.8 Å². The first kappa shape index (κ1) is 20.5. The molecule has 0 aliphatic carbocycles. The van der Waals surface area contributed by atoms with Crippen molar-refractivity contribution in [2.75, 3.05) is 0 Å². The van der Waals surface area contributed by atoms with Crippen LogP contribution in [0.5, 0.6) is 0 Å². The Morgan fingerprint density at radius 3 is 2.33 bits per heavy atom. The highest BCUT2D eigenvalue weighted by Crippen LogP contribution is 2.29. The molecule has 0 saturated carbocycles. The van der Waals surface area contributed by atoms with Gasteiger partial charge in [-0.2, -0.15) is 0 Å². The zero-order valence-corrected chi connectivity index (χ0v) is 17.8. The molecular formula is C23H15Cl3N2O2. The molecule has 30 heavy (non-hydrogen) atoms. The van der Waals surface area contributed by atoms with Gasteiger partial charge in [-0.05, 0) is 53.6 Å². The van der Waals surface area contributed by atoms with Crippen molar-refractivity contribution in [3.63, 3.8) is 0 Å². The third-order valence-corrected chi connectivity index (χ3v) is 5.55. The lowest BCUT2D eigenvalue weighted by atomic mass is 10.0. The van der Waals surface area contributed by atoms with E-state index in [-0.39, 0.29) is 12.2 Å². The zero-order valence-electron chi connectivity index (χ0n) is 15.5. The maximum Gasteiger partial charge on any atom is 0.294 e. The number of rotatable bonds is 5. The molecule has 1 amide bonds. The first-order chi connectivity index (χ1) is 14.4. The molecule has 2 heterocycles. The van der Waals surface area contributed by atoms with Gasteiger partial charge in [0.2, 0.25) is 0 Å². The fourth-order valence-electron chi connectivity index (χ4n) is 3.23. The van der Waals surface area contributed by atoms with E-state index >= 15 is 0 Å². The van der Waals surface area contributed by atoms with Crippen molar-refractivity contribution in [2.24, 2.45) is 0 Å². The molecule has 0 atom stereocenters. The van der Waals surface area contributed by atoms with Crippen molar-refractivity contribution < 1.29 is 9.59 Å². The number of carbonyl (C=O) groups excluding carboxylic acids is 2. The average molecular weight is 458 g/mol. The largest absolute Gasteiger partial charge is 0.345 e. The highest BCUT2D eigenvalue weighted by molar-refractivity contribution is 6.43. The van der Waals surface area contributed by atoms with Gasteiger partial charge >= 0.3 is 0 Å². The van der Waals surface area contributed by atoms with Gasteiger partial charge < -0.3 is 9.72 Å². The van der Waals surface area contributed by atoms with E-state index in [2.05, 4.69) is 5.32 Å². The number of benzene rings is 2. The number of hydrogen-bond donors (Lipinski definition) is 1. The SMILES string of the molecule is O=C(NCc1ccc(Cl)cc1Cl)C(=O)c1c(-c2ccc(Cl)cc2)cc2ccccn12. The van der Waals surface area contributed by atoms with Gasteiger partial charge in [0.1, 0.15) is 5.69 Å². The van der Waals surface area contributed by atoms with Crippen molar-refractivity contribution in [1.82, 2.24) is 9.72 Å². The maximum absolute atomic E-state index is 13.1.